The van der Waals surface area contributed by atoms with Gasteiger partial charge in [-0.1, -0.05) is 54.1 Å². The van der Waals surface area contributed by atoms with Gasteiger partial charge in [0, 0.05) is 30.2 Å². The first-order chi connectivity index (χ1) is 13.7. The number of aromatic amines is 1. The van der Waals surface area contributed by atoms with Crippen LogP contribution in [0.25, 0.3) is 11.3 Å². The molecule has 2 aromatic carbocycles. The number of hydrogen-bond donors (Lipinski definition) is 2. The summed E-state index contributed by atoms with van der Waals surface area (Å²) in [5.74, 6) is 0.953. The van der Waals surface area contributed by atoms with E-state index in [1.165, 1.54) is 0 Å². The van der Waals surface area contributed by atoms with Crippen molar-refractivity contribution in [3.05, 3.63) is 71.2 Å². The lowest BCUT2D eigenvalue weighted by atomic mass is 10.0. The van der Waals surface area contributed by atoms with Crippen LogP contribution in [0.4, 0.5) is 5.82 Å². The van der Waals surface area contributed by atoms with Crippen molar-refractivity contribution in [3.63, 3.8) is 0 Å². The summed E-state index contributed by atoms with van der Waals surface area (Å²) in [4.78, 5) is 14.7. The van der Waals surface area contributed by atoms with Crippen molar-refractivity contribution in [1.29, 1.82) is 0 Å². The van der Waals surface area contributed by atoms with Crippen LogP contribution >= 0.6 is 11.6 Å². The van der Waals surface area contributed by atoms with E-state index in [1.807, 2.05) is 42.5 Å². The number of hydrogen-bond acceptors (Lipinski definition) is 3. The molecule has 1 amide bonds. The van der Waals surface area contributed by atoms with E-state index in [-0.39, 0.29) is 11.9 Å². The molecular weight excluding hydrogens is 372 g/mol. The first-order valence-corrected chi connectivity index (χ1v) is 9.95. The topological polar surface area (TPSA) is 61.0 Å². The van der Waals surface area contributed by atoms with Gasteiger partial charge in [-0.15, -0.1) is 0 Å². The number of nitrogens with zero attached hydrogens (tertiary/aromatic N) is 2. The Labute approximate surface area is 169 Å². The Morgan fingerprint density at radius 3 is 2.86 bits per heavy atom. The summed E-state index contributed by atoms with van der Waals surface area (Å²) in [7, 11) is 0. The molecule has 4 rings (SSSR count). The number of anilines is 1. The predicted molar refractivity (Wildman–Crippen MR) is 113 cm³/mol. The molecule has 0 spiro atoms. The van der Waals surface area contributed by atoms with E-state index in [1.54, 1.807) is 0 Å². The van der Waals surface area contributed by atoms with Crippen LogP contribution in [0.15, 0.2) is 60.7 Å². The summed E-state index contributed by atoms with van der Waals surface area (Å²) >= 11 is 6.01. The molecule has 3 aromatic rings. The lowest BCUT2D eigenvalue weighted by Gasteiger charge is -2.33. The van der Waals surface area contributed by atoms with Crippen LogP contribution in [0.2, 0.25) is 5.02 Å². The molecule has 1 atom stereocenters. The second kappa shape index (κ2) is 8.48. The average molecular weight is 395 g/mol. The van der Waals surface area contributed by atoms with Crippen molar-refractivity contribution in [2.75, 3.05) is 18.0 Å². The maximum atomic E-state index is 12.4. The van der Waals surface area contributed by atoms with E-state index in [2.05, 4.69) is 38.6 Å². The van der Waals surface area contributed by atoms with E-state index in [4.69, 9.17) is 11.6 Å². The molecule has 144 valence electrons. The molecule has 5 nitrogen and oxygen atoms in total. The summed E-state index contributed by atoms with van der Waals surface area (Å²) < 4.78 is 0. The summed E-state index contributed by atoms with van der Waals surface area (Å²) in [6.07, 6.45) is 2.35. The number of H-pyrrole nitrogens is 1. The number of aromatic nitrogens is 2. The lowest BCUT2D eigenvalue weighted by Crippen LogP contribution is -2.48. The first-order valence-electron chi connectivity index (χ1n) is 9.57. The maximum absolute atomic E-state index is 12.4. The Morgan fingerprint density at radius 1 is 1.18 bits per heavy atom. The molecular formula is C22H23ClN4O. The van der Waals surface area contributed by atoms with Crippen LogP contribution in [0.1, 0.15) is 18.4 Å². The highest BCUT2D eigenvalue weighted by molar-refractivity contribution is 6.30. The zero-order valence-corrected chi connectivity index (χ0v) is 16.3. The van der Waals surface area contributed by atoms with Gasteiger partial charge in [-0.05, 0) is 36.1 Å². The van der Waals surface area contributed by atoms with Gasteiger partial charge in [0.1, 0.15) is 0 Å². The first kappa shape index (κ1) is 18.6. The highest BCUT2D eigenvalue weighted by Gasteiger charge is 2.23. The molecule has 1 aliphatic heterocycles. The van der Waals surface area contributed by atoms with Crippen molar-refractivity contribution < 1.29 is 4.79 Å². The number of carbonyl (C=O) groups excluding carboxylic acids is 1. The second-order valence-corrected chi connectivity index (χ2v) is 7.60. The van der Waals surface area contributed by atoms with Crippen molar-refractivity contribution in [2.24, 2.45) is 0 Å². The maximum Gasteiger partial charge on any atom is 0.224 e. The predicted octanol–water partition coefficient (Wildman–Crippen LogP) is 4.06. The van der Waals surface area contributed by atoms with E-state index in [9.17, 15) is 4.79 Å². The van der Waals surface area contributed by atoms with E-state index in [0.717, 1.165) is 48.6 Å². The quantitative estimate of drug-likeness (QED) is 0.686. The van der Waals surface area contributed by atoms with Gasteiger partial charge in [0.2, 0.25) is 5.91 Å². The highest BCUT2D eigenvalue weighted by Crippen LogP contribution is 2.24. The summed E-state index contributed by atoms with van der Waals surface area (Å²) in [5.41, 5.74) is 3.05. The fourth-order valence-electron chi connectivity index (χ4n) is 3.65. The van der Waals surface area contributed by atoms with Crippen molar-refractivity contribution >= 4 is 23.3 Å². The average Bonchev–Trinajstić information content (AvgIpc) is 3.19. The third kappa shape index (κ3) is 4.54. The van der Waals surface area contributed by atoms with Gasteiger partial charge < -0.3 is 10.2 Å². The second-order valence-electron chi connectivity index (χ2n) is 7.17. The third-order valence-electron chi connectivity index (χ3n) is 5.01. The molecule has 1 aromatic heterocycles. The van der Waals surface area contributed by atoms with E-state index < -0.39 is 0 Å². The fourth-order valence-corrected chi connectivity index (χ4v) is 3.87. The van der Waals surface area contributed by atoms with Crippen LogP contribution in [-0.4, -0.2) is 35.2 Å². The summed E-state index contributed by atoms with van der Waals surface area (Å²) in [5, 5.41) is 11.4. The van der Waals surface area contributed by atoms with Gasteiger partial charge in [0.25, 0.3) is 0 Å². The SMILES string of the molecule is O=C(Cc1cccc(Cl)c1)N[C@H]1CCCN(c2cc(-c3ccccc3)[nH]n2)C1. The van der Waals surface area contributed by atoms with Gasteiger partial charge in [0.15, 0.2) is 5.82 Å². The monoisotopic (exact) mass is 394 g/mol. The van der Waals surface area contributed by atoms with Crippen molar-refractivity contribution in [3.8, 4) is 11.3 Å². The van der Waals surface area contributed by atoms with E-state index >= 15 is 0 Å². The number of piperidine rings is 1. The Bertz CT molecular complexity index is 940. The Balaban J connectivity index is 1.37. The van der Waals surface area contributed by atoms with E-state index in [0.29, 0.717) is 11.4 Å². The molecule has 6 heteroatoms. The smallest absolute Gasteiger partial charge is 0.224 e. The summed E-state index contributed by atoms with van der Waals surface area (Å²) in [6, 6.07) is 19.8. The van der Waals surface area contributed by atoms with Gasteiger partial charge >= 0.3 is 0 Å². The molecule has 1 fully saturated rings. The number of benzene rings is 2. The fraction of sp³-hybridized carbons (Fsp3) is 0.273. The number of amides is 1. The minimum absolute atomic E-state index is 0.0288. The molecule has 0 unspecified atom stereocenters. The molecule has 2 N–H and O–H groups in total. The zero-order valence-electron chi connectivity index (χ0n) is 15.6. The Morgan fingerprint density at radius 2 is 2.04 bits per heavy atom. The highest BCUT2D eigenvalue weighted by atomic mass is 35.5. The molecule has 28 heavy (non-hydrogen) atoms. The van der Waals surface area contributed by atoms with Crippen LogP contribution in [-0.2, 0) is 11.2 Å². The molecule has 1 saturated heterocycles. The Kier molecular flexibility index (Phi) is 5.63. The molecule has 1 aliphatic rings. The number of carbonyl (C=O) groups is 1. The molecule has 0 saturated carbocycles. The number of nitrogens with one attached hydrogen (secondary N) is 2. The van der Waals surface area contributed by atoms with Crippen molar-refractivity contribution in [2.45, 2.75) is 25.3 Å². The third-order valence-corrected chi connectivity index (χ3v) is 5.25. The normalized spacial score (nSPS) is 16.8. The minimum atomic E-state index is 0.0288. The molecule has 0 aliphatic carbocycles. The van der Waals surface area contributed by atoms with Gasteiger partial charge in [0.05, 0.1) is 12.1 Å². The van der Waals surface area contributed by atoms with Crippen LogP contribution in [0.5, 0.6) is 0 Å². The molecule has 0 radical (unpaired) electrons. The number of rotatable bonds is 5. The van der Waals surface area contributed by atoms with Gasteiger partial charge in [-0.2, -0.15) is 5.10 Å². The lowest BCUT2D eigenvalue weighted by molar-refractivity contribution is -0.121. The standard InChI is InChI=1S/C22H23ClN4O/c23-18-9-4-6-16(12-18)13-22(28)24-19-10-5-11-27(15-19)21-14-20(25-26-21)17-7-2-1-3-8-17/h1-4,6-9,12,14,19H,5,10-11,13,15H2,(H,24,28)(H,25,26)/t19-/m0/s1. The van der Waals surface area contributed by atoms with Crippen LogP contribution < -0.4 is 10.2 Å². The minimum Gasteiger partial charge on any atom is -0.353 e. The molecule has 2 heterocycles. The van der Waals surface area contributed by atoms with Crippen LogP contribution in [0.3, 0.4) is 0 Å². The number of halogens is 1. The Hall–Kier alpha value is -2.79. The van der Waals surface area contributed by atoms with Gasteiger partial charge in [-0.3, -0.25) is 9.89 Å². The summed E-state index contributed by atoms with van der Waals surface area (Å²) in [6.45, 7) is 1.71. The largest absolute Gasteiger partial charge is 0.353 e. The van der Waals surface area contributed by atoms with Crippen LogP contribution in [0, 0.1) is 0 Å². The van der Waals surface area contributed by atoms with Crippen molar-refractivity contribution in [1.82, 2.24) is 15.5 Å². The van der Waals surface area contributed by atoms with Gasteiger partial charge in [-0.25, -0.2) is 0 Å². The zero-order chi connectivity index (χ0) is 19.3. The molecule has 0 bridgehead atoms.